The van der Waals surface area contributed by atoms with Gasteiger partial charge in [-0.25, -0.2) is 13.8 Å². The van der Waals surface area contributed by atoms with Crippen LogP contribution in [0.25, 0.3) is 6.08 Å². The molecule has 1 heterocycles. The van der Waals surface area contributed by atoms with E-state index in [0.717, 1.165) is 11.1 Å². The molecule has 38 heavy (non-hydrogen) atoms. The maximum Gasteiger partial charge on any atom is 0.271 e. The molecule has 0 spiro atoms. The molecule has 4 aromatic rings. The summed E-state index contributed by atoms with van der Waals surface area (Å²) in [6, 6.07) is 26.5. The van der Waals surface area contributed by atoms with Crippen LogP contribution in [0.1, 0.15) is 11.1 Å². The molecule has 0 unspecified atom stereocenters. The predicted molar refractivity (Wildman–Crippen MR) is 147 cm³/mol. The number of amidine groups is 1. The Balaban J connectivity index is 1.44. The van der Waals surface area contributed by atoms with E-state index in [9.17, 15) is 13.6 Å². The lowest BCUT2D eigenvalue weighted by molar-refractivity contribution is -0.113. The van der Waals surface area contributed by atoms with Gasteiger partial charge in [-0.15, -0.1) is 0 Å². The second-order valence-electron chi connectivity index (χ2n) is 8.28. The van der Waals surface area contributed by atoms with E-state index >= 15 is 0 Å². The van der Waals surface area contributed by atoms with Crippen molar-refractivity contribution in [2.75, 3.05) is 12.0 Å². The van der Waals surface area contributed by atoms with Crippen LogP contribution in [-0.4, -0.2) is 18.2 Å². The fourth-order valence-corrected chi connectivity index (χ4v) is 4.77. The van der Waals surface area contributed by atoms with Crippen LogP contribution in [0.3, 0.4) is 0 Å². The maximum atomic E-state index is 13.6. The van der Waals surface area contributed by atoms with Crippen LogP contribution in [-0.2, 0) is 11.4 Å². The third-order valence-electron chi connectivity index (χ3n) is 5.67. The first-order valence-electron chi connectivity index (χ1n) is 11.7. The molecule has 1 fully saturated rings. The largest absolute Gasteiger partial charge is 0.493 e. The molecule has 190 valence electrons. The summed E-state index contributed by atoms with van der Waals surface area (Å²) in [4.78, 5) is 19.9. The zero-order valence-electron chi connectivity index (χ0n) is 20.3. The van der Waals surface area contributed by atoms with Gasteiger partial charge in [-0.3, -0.25) is 9.69 Å². The minimum Gasteiger partial charge on any atom is -0.493 e. The van der Waals surface area contributed by atoms with Crippen molar-refractivity contribution in [3.8, 4) is 11.5 Å². The number of benzene rings is 4. The van der Waals surface area contributed by atoms with E-state index in [2.05, 4.69) is 4.99 Å². The van der Waals surface area contributed by atoms with Crippen LogP contribution >= 0.6 is 11.8 Å². The number of hydrogen-bond donors (Lipinski definition) is 0. The number of amides is 1. The zero-order valence-corrected chi connectivity index (χ0v) is 21.1. The summed E-state index contributed by atoms with van der Waals surface area (Å²) < 4.78 is 38.4. The lowest BCUT2D eigenvalue weighted by Crippen LogP contribution is -2.28. The molecule has 4 aromatic carbocycles. The Hall–Kier alpha value is -4.43. The van der Waals surface area contributed by atoms with Crippen molar-refractivity contribution in [3.63, 3.8) is 0 Å². The van der Waals surface area contributed by atoms with Gasteiger partial charge in [0.25, 0.3) is 5.91 Å². The molecule has 0 radical (unpaired) electrons. The van der Waals surface area contributed by atoms with Crippen molar-refractivity contribution in [2.24, 2.45) is 4.99 Å². The van der Waals surface area contributed by atoms with Crippen molar-refractivity contribution < 1.29 is 23.0 Å². The summed E-state index contributed by atoms with van der Waals surface area (Å²) in [5, 5.41) is 0.370. The van der Waals surface area contributed by atoms with Crippen LogP contribution in [0.5, 0.6) is 11.5 Å². The van der Waals surface area contributed by atoms with Crippen LogP contribution in [0.4, 0.5) is 20.2 Å². The van der Waals surface area contributed by atoms with E-state index in [4.69, 9.17) is 9.47 Å². The van der Waals surface area contributed by atoms with E-state index in [1.165, 1.54) is 65.2 Å². The number of thioether (sulfide) groups is 1. The summed E-state index contributed by atoms with van der Waals surface area (Å²) >= 11 is 1.17. The second-order valence-corrected chi connectivity index (χ2v) is 9.29. The first kappa shape index (κ1) is 25.2. The minimum atomic E-state index is -0.414. The molecular formula is C30H22F2N2O3S. The van der Waals surface area contributed by atoms with Gasteiger partial charge in [0.1, 0.15) is 18.2 Å². The highest BCUT2D eigenvalue weighted by Crippen LogP contribution is 2.38. The molecule has 0 aliphatic carbocycles. The smallest absolute Gasteiger partial charge is 0.271 e. The Morgan fingerprint density at radius 2 is 1.55 bits per heavy atom. The minimum absolute atomic E-state index is 0.314. The highest BCUT2D eigenvalue weighted by molar-refractivity contribution is 8.19. The summed E-state index contributed by atoms with van der Waals surface area (Å²) in [6.07, 6.45) is 1.74. The van der Waals surface area contributed by atoms with Crippen LogP contribution in [0.15, 0.2) is 107 Å². The Morgan fingerprint density at radius 1 is 0.868 bits per heavy atom. The van der Waals surface area contributed by atoms with Crippen molar-refractivity contribution in [3.05, 3.63) is 125 Å². The number of anilines is 1. The molecule has 1 aliphatic heterocycles. The predicted octanol–water partition coefficient (Wildman–Crippen LogP) is 7.36. The molecule has 0 saturated carbocycles. The average molecular weight is 529 g/mol. The number of nitrogens with zero attached hydrogens (tertiary/aromatic N) is 2. The molecule has 1 saturated heterocycles. The highest BCUT2D eigenvalue weighted by atomic mass is 32.2. The van der Waals surface area contributed by atoms with Crippen LogP contribution in [0, 0.1) is 11.6 Å². The summed E-state index contributed by atoms with van der Waals surface area (Å²) in [5.74, 6) is -0.00436. The summed E-state index contributed by atoms with van der Waals surface area (Å²) in [7, 11) is 1.56. The van der Waals surface area contributed by atoms with Gasteiger partial charge in [0.15, 0.2) is 16.7 Å². The van der Waals surface area contributed by atoms with E-state index in [1.54, 1.807) is 25.3 Å². The van der Waals surface area contributed by atoms with Crippen LogP contribution in [0.2, 0.25) is 0 Å². The topological polar surface area (TPSA) is 51.1 Å². The lowest BCUT2D eigenvalue weighted by atomic mass is 10.1. The van der Waals surface area contributed by atoms with Crippen LogP contribution < -0.4 is 14.4 Å². The first-order chi connectivity index (χ1) is 18.5. The van der Waals surface area contributed by atoms with Gasteiger partial charge < -0.3 is 9.47 Å². The van der Waals surface area contributed by atoms with Gasteiger partial charge >= 0.3 is 0 Å². The van der Waals surface area contributed by atoms with E-state index in [0.29, 0.717) is 39.6 Å². The molecule has 0 atom stereocenters. The number of aliphatic imine (C=N–C) groups is 1. The van der Waals surface area contributed by atoms with Gasteiger partial charge in [0, 0.05) is 0 Å². The molecule has 0 bridgehead atoms. The third kappa shape index (κ3) is 5.76. The van der Waals surface area contributed by atoms with Gasteiger partial charge in [-0.2, -0.15) is 0 Å². The zero-order chi connectivity index (χ0) is 26.5. The highest BCUT2D eigenvalue weighted by Gasteiger charge is 2.34. The quantitative estimate of drug-likeness (QED) is 0.235. The fourth-order valence-electron chi connectivity index (χ4n) is 3.77. The second kappa shape index (κ2) is 11.3. The number of carbonyl (C=O) groups excluding carboxylic acids is 1. The maximum absolute atomic E-state index is 13.6. The van der Waals surface area contributed by atoms with Crippen molar-refractivity contribution in [2.45, 2.75) is 6.61 Å². The monoisotopic (exact) mass is 528 g/mol. The van der Waals surface area contributed by atoms with E-state index < -0.39 is 5.82 Å². The average Bonchev–Trinajstić information content (AvgIpc) is 3.24. The summed E-state index contributed by atoms with van der Waals surface area (Å²) in [6.45, 7) is 0.391. The molecule has 8 heteroatoms. The van der Waals surface area contributed by atoms with Gasteiger partial charge in [0.2, 0.25) is 0 Å². The number of ether oxygens (including phenoxy) is 2. The van der Waals surface area contributed by atoms with Crippen molar-refractivity contribution in [1.82, 2.24) is 0 Å². The first-order valence-corrected chi connectivity index (χ1v) is 12.5. The van der Waals surface area contributed by atoms with Crippen molar-refractivity contribution >= 4 is 40.3 Å². The molecule has 1 amide bonds. The standard InChI is InChI=1S/C30H22F2N2O3S/c1-36-27-17-21(7-16-26(27)37-19-20-5-3-2-4-6-20)18-28-29(35)34(25-14-10-23(32)11-15-25)30(38-28)33-24-12-8-22(31)9-13-24/h2-18H,19H2,1H3. The Bertz CT molecular complexity index is 1510. The third-order valence-corrected chi connectivity index (χ3v) is 6.63. The Kier molecular flexibility index (Phi) is 7.51. The molecule has 0 N–H and O–H groups in total. The van der Waals surface area contributed by atoms with E-state index in [-0.39, 0.29) is 11.7 Å². The Labute approximate surface area is 223 Å². The van der Waals surface area contributed by atoms with Gasteiger partial charge in [-0.1, -0.05) is 36.4 Å². The number of hydrogen-bond acceptors (Lipinski definition) is 5. The number of carbonyl (C=O) groups is 1. The molecule has 5 rings (SSSR count). The van der Waals surface area contributed by atoms with Gasteiger partial charge in [-0.05, 0) is 89.6 Å². The molecule has 1 aliphatic rings. The lowest BCUT2D eigenvalue weighted by Gasteiger charge is -2.15. The van der Waals surface area contributed by atoms with Crippen molar-refractivity contribution in [1.29, 1.82) is 0 Å². The number of halogens is 2. The molecule has 0 aromatic heterocycles. The SMILES string of the molecule is COc1cc(C=C2SC(=Nc3ccc(F)cc3)N(c3ccc(F)cc3)C2=O)ccc1OCc1ccccc1. The summed E-state index contributed by atoms with van der Waals surface area (Å²) in [5.41, 5.74) is 2.71. The fraction of sp³-hybridized carbons (Fsp3) is 0.0667. The number of rotatable bonds is 7. The normalized spacial score (nSPS) is 15.3. The molecule has 5 nitrogen and oxygen atoms in total. The molecular weight excluding hydrogens is 506 g/mol. The Morgan fingerprint density at radius 3 is 2.24 bits per heavy atom. The number of methoxy groups -OCH3 is 1. The van der Waals surface area contributed by atoms with Gasteiger partial charge in [0.05, 0.1) is 23.4 Å². The van der Waals surface area contributed by atoms with E-state index in [1.807, 2.05) is 36.4 Å².